The van der Waals surface area contributed by atoms with Crippen LogP contribution in [0.15, 0.2) is 48.5 Å². The van der Waals surface area contributed by atoms with Crippen molar-refractivity contribution in [1.29, 1.82) is 0 Å². The van der Waals surface area contributed by atoms with Crippen LogP contribution in [0.1, 0.15) is 52.7 Å². The van der Waals surface area contributed by atoms with Gasteiger partial charge in [-0.3, -0.25) is 0 Å². The first-order valence-electron chi connectivity index (χ1n) is 8.88. The summed E-state index contributed by atoms with van der Waals surface area (Å²) in [7, 11) is 0. The van der Waals surface area contributed by atoms with E-state index in [2.05, 4.69) is 90.1 Å². The molecule has 0 fully saturated rings. The topological polar surface area (TPSA) is 0 Å². The Morgan fingerprint density at radius 3 is 0.917 bits per heavy atom. The molecule has 0 spiro atoms. The molecule has 0 aromatic heterocycles. The van der Waals surface area contributed by atoms with Crippen molar-refractivity contribution in [1.82, 2.24) is 0 Å². The Morgan fingerprint density at radius 2 is 0.708 bits per heavy atom. The summed E-state index contributed by atoms with van der Waals surface area (Å²) in [5.41, 5.74) is 3.15. The van der Waals surface area contributed by atoms with Crippen LogP contribution in [0, 0.1) is 0 Å². The van der Waals surface area contributed by atoms with Crippen molar-refractivity contribution < 1.29 is 0 Å². The van der Waals surface area contributed by atoms with Crippen molar-refractivity contribution in [3.8, 4) is 0 Å². The molecule has 0 heteroatoms. The lowest BCUT2D eigenvalue weighted by Crippen LogP contribution is -2.11. The van der Waals surface area contributed by atoms with Gasteiger partial charge in [0.2, 0.25) is 0 Å². The number of hydrogen-bond acceptors (Lipinski definition) is 0. The zero-order valence-corrected chi connectivity index (χ0v) is 15.6. The van der Waals surface area contributed by atoms with E-state index in [0.29, 0.717) is 0 Å². The monoisotopic (exact) mass is 314 g/mol. The Kier molecular flexibility index (Phi) is 3.04. The third kappa shape index (κ3) is 2.28. The lowest BCUT2D eigenvalue weighted by atomic mass is 9.81. The average Bonchev–Trinajstić information content (AvgIpc) is 2.50. The predicted molar refractivity (Wildman–Crippen MR) is 108 cm³/mol. The first-order valence-corrected chi connectivity index (χ1v) is 8.88. The second-order valence-corrected chi connectivity index (χ2v) is 9.23. The molecule has 0 bridgehead atoms. The van der Waals surface area contributed by atoms with Crippen LogP contribution >= 0.6 is 0 Å². The lowest BCUT2D eigenvalue weighted by Gasteiger charge is -2.23. The van der Waals surface area contributed by atoms with Crippen molar-refractivity contribution in [2.75, 3.05) is 0 Å². The van der Waals surface area contributed by atoms with E-state index in [9.17, 15) is 0 Å². The van der Waals surface area contributed by atoms with Gasteiger partial charge in [0.05, 0.1) is 0 Å². The molecule has 4 rings (SSSR count). The Balaban J connectivity index is 2.14. The summed E-state index contributed by atoms with van der Waals surface area (Å²) < 4.78 is 0. The van der Waals surface area contributed by atoms with Gasteiger partial charge >= 0.3 is 0 Å². The minimum absolute atomic E-state index is 0.170. The zero-order chi connectivity index (χ0) is 17.3. The van der Waals surface area contributed by atoms with Gasteiger partial charge in [0.1, 0.15) is 0 Å². The van der Waals surface area contributed by atoms with E-state index in [1.165, 1.54) is 43.4 Å². The molecular formula is C24H26. The largest absolute Gasteiger partial charge is 0.0561 e. The van der Waals surface area contributed by atoms with Gasteiger partial charge in [0.15, 0.2) is 0 Å². The summed E-state index contributed by atoms with van der Waals surface area (Å²) >= 11 is 0. The quantitative estimate of drug-likeness (QED) is 0.301. The number of rotatable bonds is 0. The molecule has 0 atom stereocenters. The molecule has 0 heterocycles. The van der Waals surface area contributed by atoms with Gasteiger partial charge in [-0.1, -0.05) is 90.1 Å². The van der Waals surface area contributed by atoms with Crippen molar-refractivity contribution in [3.63, 3.8) is 0 Å². The molecule has 4 aromatic carbocycles. The minimum Gasteiger partial charge on any atom is -0.0561 e. The van der Waals surface area contributed by atoms with Crippen molar-refractivity contribution >= 4 is 32.3 Å². The van der Waals surface area contributed by atoms with Gasteiger partial charge in [0.25, 0.3) is 0 Å². The molecule has 0 aliphatic carbocycles. The van der Waals surface area contributed by atoms with E-state index in [4.69, 9.17) is 0 Å². The van der Waals surface area contributed by atoms with E-state index in [0.717, 1.165) is 0 Å². The molecule has 0 radical (unpaired) electrons. The molecule has 0 aliphatic heterocycles. The fraction of sp³-hybridized carbons (Fsp3) is 0.333. The molecule has 0 aliphatic rings. The van der Waals surface area contributed by atoms with Gasteiger partial charge < -0.3 is 0 Å². The molecule has 0 N–H and O–H groups in total. The second-order valence-electron chi connectivity index (χ2n) is 9.23. The summed E-state index contributed by atoms with van der Waals surface area (Å²) in [6.07, 6.45) is 0. The van der Waals surface area contributed by atoms with Crippen molar-refractivity contribution in [3.05, 3.63) is 59.7 Å². The molecule has 0 saturated carbocycles. The van der Waals surface area contributed by atoms with E-state index < -0.39 is 0 Å². The Hall–Kier alpha value is -2.08. The van der Waals surface area contributed by atoms with Crippen LogP contribution in [0.5, 0.6) is 0 Å². The summed E-state index contributed by atoms with van der Waals surface area (Å²) in [6.45, 7) is 13.7. The van der Waals surface area contributed by atoms with E-state index in [1.54, 1.807) is 0 Å². The molecule has 122 valence electrons. The molecular weight excluding hydrogens is 288 g/mol. The standard InChI is InChI=1S/C24H26/c1-23(2,3)19-11-15-7-9-17-13-20(24(4,5)6)14-18-10-8-16(12-19)21(15)22(17)18/h7-14H,1-6H3. The predicted octanol–water partition coefficient (Wildman–Crippen LogP) is 7.18. The smallest absolute Gasteiger partial charge is 0.00266 e. The molecule has 0 saturated heterocycles. The van der Waals surface area contributed by atoms with Gasteiger partial charge in [0, 0.05) is 0 Å². The Bertz CT molecular complexity index is 899. The first kappa shape index (κ1) is 15.4. The van der Waals surface area contributed by atoms with Gasteiger partial charge in [-0.25, -0.2) is 0 Å². The van der Waals surface area contributed by atoms with Crippen LogP contribution in [-0.4, -0.2) is 0 Å². The summed E-state index contributed by atoms with van der Waals surface area (Å²) in [5.74, 6) is 0. The SMILES string of the molecule is CC(C)(C)c1cc2ccc3cc(C(C)(C)C)cc4ccc(c1)c2c34. The van der Waals surface area contributed by atoms with Crippen LogP contribution < -0.4 is 0 Å². The van der Waals surface area contributed by atoms with Crippen LogP contribution in [-0.2, 0) is 10.8 Å². The van der Waals surface area contributed by atoms with E-state index in [1.807, 2.05) is 0 Å². The fourth-order valence-corrected chi connectivity index (χ4v) is 3.70. The highest BCUT2D eigenvalue weighted by atomic mass is 14.2. The van der Waals surface area contributed by atoms with Crippen LogP contribution in [0.25, 0.3) is 32.3 Å². The zero-order valence-electron chi connectivity index (χ0n) is 15.6. The van der Waals surface area contributed by atoms with Crippen LogP contribution in [0.4, 0.5) is 0 Å². The summed E-state index contributed by atoms with van der Waals surface area (Å²) in [5, 5.41) is 8.27. The van der Waals surface area contributed by atoms with E-state index >= 15 is 0 Å². The van der Waals surface area contributed by atoms with Crippen molar-refractivity contribution in [2.45, 2.75) is 52.4 Å². The van der Waals surface area contributed by atoms with Gasteiger partial charge in [-0.2, -0.15) is 0 Å². The number of hydrogen-bond donors (Lipinski definition) is 0. The molecule has 0 unspecified atom stereocenters. The normalized spacial score (nSPS) is 13.4. The minimum atomic E-state index is 0.170. The van der Waals surface area contributed by atoms with Gasteiger partial charge in [-0.15, -0.1) is 0 Å². The fourth-order valence-electron chi connectivity index (χ4n) is 3.70. The molecule has 24 heavy (non-hydrogen) atoms. The second kappa shape index (κ2) is 4.72. The maximum absolute atomic E-state index is 2.37. The number of benzene rings is 4. The van der Waals surface area contributed by atoms with E-state index in [-0.39, 0.29) is 10.8 Å². The highest BCUT2D eigenvalue weighted by Gasteiger charge is 2.19. The lowest BCUT2D eigenvalue weighted by molar-refractivity contribution is 0.591. The molecule has 0 nitrogen and oxygen atoms in total. The van der Waals surface area contributed by atoms with Crippen molar-refractivity contribution in [2.24, 2.45) is 0 Å². The maximum atomic E-state index is 2.37. The molecule has 4 aromatic rings. The average molecular weight is 314 g/mol. The highest BCUT2D eigenvalue weighted by Crippen LogP contribution is 2.39. The Morgan fingerprint density at radius 1 is 0.458 bits per heavy atom. The maximum Gasteiger partial charge on any atom is -0.00266 e. The van der Waals surface area contributed by atoms with Gasteiger partial charge in [-0.05, 0) is 54.3 Å². The third-order valence-corrected chi connectivity index (χ3v) is 5.27. The molecule has 0 amide bonds. The Labute approximate surface area is 144 Å². The van der Waals surface area contributed by atoms with Crippen LogP contribution in [0.3, 0.4) is 0 Å². The summed E-state index contributed by atoms with van der Waals surface area (Å²) in [4.78, 5) is 0. The highest BCUT2D eigenvalue weighted by molar-refractivity contribution is 6.23. The first-order chi connectivity index (χ1) is 11.1. The van der Waals surface area contributed by atoms with Crippen LogP contribution in [0.2, 0.25) is 0 Å². The third-order valence-electron chi connectivity index (χ3n) is 5.27. The summed E-state index contributed by atoms with van der Waals surface area (Å²) in [6, 6.07) is 18.7.